The summed E-state index contributed by atoms with van der Waals surface area (Å²) in [6, 6.07) is 14.8. The molecule has 1 heterocycles. The van der Waals surface area contributed by atoms with Gasteiger partial charge in [-0.25, -0.2) is 4.39 Å². The molecule has 3 aromatic rings. The Kier molecular flexibility index (Phi) is 4.57. The molecule has 0 saturated carbocycles. The molecule has 3 aromatic carbocycles. The highest BCUT2D eigenvalue weighted by atomic mass is 35.5. The summed E-state index contributed by atoms with van der Waals surface area (Å²) >= 11 is 5.87. The third kappa shape index (κ3) is 3.01. The average molecular weight is 397 g/mol. The van der Waals surface area contributed by atoms with E-state index in [0.29, 0.717) is 11.1 Å². The van der Waals surface area contributed by atoms with Gasteiger partial charge in [-0.1, -0.05) is 41.9 Å². The van der Waals surface area contributed by atoms with Gasteiger partial charge in [0.15, 0.2) is 0 Å². The van der Waals surface area contributed by atoms with Crippen molar-refractivity contribution in [2.24, 2.45) is 0 Å². The minimum atomic E-state index is -0.738. The Bertz CT molecular complexity index is 1070. The summed E-state index contributed by atoms with van der Waals surface area (Å²) in [5, 5.41) is 4.22. The first-order chi connectivity index (χ1) is 13.5. The SMILES string of the molecule is O=C(NCCN1C(=O)c2cc3ccccc3cc2C1=O)c1c(F)cccc1Cl. The molecule has 0 saturated heterocycles. The van der Waals surface area contributed by atoms with Crippen LogP contribution in [-0.2, 0) is 0 Å². The normalized spacial score (nSPS) is 13.1. The average Bonchev–Trinajstić information content (AvgIpc) is 2.90. The molecule has 4 rings (SSSR count). The summed E-state index contributed by atoms with van der Waals surface area (Å²) in [7, 11) is 0. The van der Waals surface area contributed by atoms with Gasteiger partial charge in [0.2, 0.25) is 0 Å². The Morgan fingerprint density at radius 1 is 0.964 bits per heavy atom. The minimum absolute atomic E-state index is 0.00933. The lowest BCUT2D eigenvalue weighted by atomic mass is 10.0. The number of amides is 3. The van der Waals surface area contributed by atoms with Crippen molar-refractivity contribution in [1.82, 2.24) is 10.2 Å². The molecule has 0 fully saturated rings. The molecule has 0 unspecified atom stereocenters. The van der Waals surface area contributed by atoms with E-state index in [0.717, 1.165) is 21.7 Å². The second kappa shape index (κ2) is 7.05. The number of nitrogens with zero attached hydrogens (tertiary/aromatic N) is 1. The largest absolute Gasteiger partial charge is 0.350 e. The van der Waals surface area contributed by atoms with Gasteiger partial charge in [0.25, 0.3) is 17.7 Å². The zero-order chi connectivity index (χ0) is 19.8. The minimum Gasteiger partial charge on any atom is -0.350 e. The molecule has 0 spiro atoms. The Labute approximate surface area is 164 Å². The van der Waals surface area contributed by atoms with Crippen molar-refractivity contribution in [3.8, 4) is 0 Å². The lowest BCUT2D eigenvalue weighted by Gasteiger charge is -2.14. The zero-order valence-electron chi connectivity index (χ0n) is 14.5. The van der Waals surface area contributed by atoms with Crippen LogP contribution >= 0.6 is 11.6 Å². The van der Waals surface area contributed by atoms with Crippen LogP contribution in [0.4, 0.5) is 4.39 Å². The van der Waals surface area contributed by atoms with Crippen molar-refractivity contribution in [2.45, 2.75) is 0 Å². The van der Waals surface area contributed by atoms with Crippen molar-refractivity contribution < 1.29 is 18.8 Å². The molecule has 3 amide bonds. The maximum Gasteiger partial charge on any atom is 0.261 e. The van der Waals surface area contributed by atoms with Crippen molar-refractivity contribution in [1.29, 1.82) is 0 Å². The number of rotatable bonds is 4. The smallest absolute Gasteiger partial charge is 0.261 e. The van der Waals surface area contributed by atoms with Crippen LogP contribution in [-0.4, -0.2) is 35.7 Å². The van der Waals surface area contributed by atoms with Crippen LogP contribution < -0.4 is 5.32 Å². The van der Waals surface area contributed by atoms with Crippen molar-refractivity contribution in [2.75, 3.05) is 13.1 Å². The zero-order valence-corrected chi connectivity index (χ0v) is 15.3. The molecule has 1 N–H and O–H groups in total. The number of halogens is 2. The second-order valence-corrected chi connectivity index (χ2v) is 6.77. The summed E-state index contributed by atoms with van der Waals surface area (Å²) in [6.45, 7) is -0.0466. The van der Waals surface area contributed by atoms with Gasteiger partial charge in [0, 0.05) is 13.1 Å². The number of benzene rings is 3. The molecule has 0 bridgehead atoms. The molecule has 1 aliphatic heterocycles. The number of hydrogen-bond acceptors (Lipinski definition) is 3. The molecule has 0 radical (unpaired) electrons. The standard InChI is InChI=1S/C21H14ClFN2O3/c22-16-6-3-7-17(23)18(16)19(26)24-8-9-25-20(27)14-10-12-4-1-2-5-13(12)11-15(14)21(25)28/h1-7,10-11H,8-9H2,(H,24,26). The van der Waals surface area contributed by atoms with Gasteiger partial charge in [-0.15, -0.1) is 0 Å². The van der Waals surface area contributed by atoms with Gasteiger partial charge >= 0.3 is 0 Å². The van der Waals surface area contributed by atoms with E-state index in [1.165, 1.54) is 12.1 Å². The molecule has 0 aromatic heterocycles. The van der Waals surface area contributed by atoms with E-state index in [4.69, 9.17) is 11.6 Å². The van der Waals surface area contributed by atoms with E-state index in [1.807, 2.05) is 24.3 Å². The summed E-state index contributed by atoms with van der Waals surface area (Å²) in [6.07, 6.45) is 0. The quantitative estimate of drug-likeness (QED) is 0.684. The summed E-state index contributed by atoms with van der Waals surface area (Å²) in [4.78, 5) is 38.5. The number of fused-ring (bicyclic) bond motifs is 2. The summed E-state index contributed by atoms with van der Waals surface area (Å²) in [5.74, 6) is -2.27. The number of nitrogens with one attached hydrogen (secondary N) is 1. The lowest BCUT2D eigenvalue weighted by molar-refractivity contribution is 0.0649. The molecular weight excluding hydrogens is 383 g/mol. The number of hydrogen-bond donors (Lipinski definition) is 1. The highest BCUT2D eigenvalue weighted by Gasteiger charge is 2.35. The van der Waals surface area contributed by atoms with Crippen LogP contribution in [0, 0.1) is 5.82 Å². The van der Waals surface area contributed by atoms with E-state index < -0.39 is 23.5 Å². The van der Waals surface area contributed by atoms with E-state index in [2.05, 4.69) is 5.32 Å². The molecular formula is C21H14ClFN2O3. The Morgan fingerprint density at radius 3 is 2.14 bits per heavy atom. The molecule has 1 aliphatic rings. The topological polar surface area (TPSA) is 66.5 Å². The van der Waals surface area contributed by atoms with Gasteiger partial charge in [-0.2, -0.15) is 0 Å². The van der Waals surface area contributed by atoms with Crippen LogP contribution in [0.5, 0.6) is 0 Å². The fraction of sp³-hybridized carbons (Fsp3) is 0.0952. The van der Waals surface area contributed by atoms with Crippen LogP contribution in [0.3, 0.4) is 0 Å². The Hall–Kier alpha value is -3.25. The van der Waals surface area contributed by atoms with Gasteiger partial charge in [-0.3, -0.25) is 19.3 Å². The van der Waals surface area contributed by atoms with E-state index in [9.17, 15) is 18.8 Å². The fourth-order valence-electron chi connectivity index (χ4n) is 3.26. The van der Waals surface area contributed by atoms with Crippen molar-refractivity contribution in [3.63, 3.8) is 0 Å². The Morgan fingerprint density at radius 2 is 1.57 bits per heavy atom. The van der Waals surface area contributed by atoms with E-state index in [-0.39, 0.29) is 23.7 Å². The predicted molar refractivity (Wildman–Crippen MR) is 103 cm³/mol. The number of carbonyl (C=O) groups is 3. The maximum absolute atomic E-state index is 13.8. The monoisotopic (exact) mass is 396 g/mol. The fourth-order valence-corrected chi connectivity index (χ4v) is 3.51. The van der Waals surface area contributed by atoms with Crippen LogP contribution in [0.25, 0.3) is 10.8 Å². The highest BCUT2D eigenvalue weighted by molar-refractivity contribution is 6.33. The number of imide groups is 1. The van der Waals surface area contributed by atoms with Gasteiger partial charge in [0.05, 0.1) is 21.7 Å². The van der Waals surface area contributed by atoms with Crippen LogP contribution in [0.1, 0.15) is 31.1 Å². The molecule has 140 valence electrons. The molecule has 28 heavy (non-hydrogen) atoms. The van der Waals surface area contributed by atoms with Crippen LogP contribution in [0.15, 0.2) is 54.6 Å². The first kappa shape index (κ1) is 18.1. The molecule has 0 atom stereocenters. The van der Waals surface area contributed by atoms with E-state index >= 15 is 0 Å². The number of carbonyl (C=O) groups excluding carboxylic acids is 3. The highest BCUT2D eigenvalue weighted by Crippen LogP contribution is 2.27. The lowest BCUT2D eigenvalue weighted by Crippen LogP contribution is -2.38. The Balaban J connectivity index is 1.48. The summed E-state index contributed by atoms with van der Waals surface area (Å²) in [5.41, 5.74) is 0.414. The maximum atomic E-state index is 13.8. The van der Waals surface area contributed by atoms with Crippen LogP contribution in [0.2, 0.25) is 5.02 Å². The van der Waals surface area contributed by atoms with Gasteiger partial charge < -0.3 is 5.32 Å². The predicted octanol–water partition coefficient (Wildman–Crippen LogP) is 3.66. The molecule has 0 aliphatic carbocycles. The second-order valence-electron chi connectivity index (χ2n) is 6.36. The third-order valence-electron chi connectivity index (χ3n) is 4.65. The van der Waals surface area contributed by atoms with E-state index in [1.54, 1.807) is 12.1 Å². The summed E-state index contributed by atoms with van der Waals surface area (Å²) < 4.78 is 13.8. The van der Waals surface area contributed by atoms with Gasteiger partial charge in [0.1, 0.15) is 5.82 Å². The first-order valence-corrected chi connectivity index (χ1v) is 8.96. The molecule has 7 heteroatoms. The van der Waals surface area contributed by atoms with Crippen molar-refractivity contribution in [3.05, 3.63) is 82.1 Å². The third-order valence-corrected chi connectivity index (χ3v) is 4.96. The van der Waals surface area contributed by atoms with Crippen molar-refractivity contribution >= 4 is 40.1 Å². The molecule has 5 nitrogen and oxygen atoms in total. The van der Waals surface area contributed by atoms with Gasteiger partial charge in [-0.05, 0) is 35.0 Å². The first-order valence-electron chi connectivity index (χ1n) is 8.58.